The summed E-state index contributed by atoms with van der Waals surface area (Å²) in [5.41, 5.74) is 3.49. The van der Waals surface area contributed by atoms with Gasteiger partial charge in [0.1, 0.15) is 11.6 Å². The lowest BCUT2D eigenvalue weighted by Gasteiger charge is -2.25. The van der Waals surface area contributed by atoms with Crippen molar-refractivity contribution in [1.82, 2.24) is 9.97 Å². The second-order valence-electron chi connectivity index (χ2n) is 9.68. The quantitative estimate of drug-likeness (QED) is 0.307. The predicted molar refractivity (Wildman–Crippen MR) is 151 cm³/mol. The first-order chi connectivity index (χ1) is 18.9. The molecule has 1 heterocycles. The fraction of sp³-hybridized carbons (Fsp3) is 0.379. The Hall–Kier alpha value is -3.39. The number of hydrogen-bond acceptors (Lipinski definition) is 7. The van der Waals surface area contributed by atoms with E-state index in [-0.39, 0.29) is 16.6 Å². The summed E-state index contributed by atoms with van der Waals surface area (Å²) in [5, 5.41) is 5.65. The summed E-state index contributed by atoms with van der Waals surface area (Å²) < 4.78 is 54.5. The summed E-state index contributed by atoms with van der Waals surface area (Å²) >= 11 is 0. The Kier molecular flexibility index (Phi) is 6.98. The molecular formula is C29H36N4O3S. The van der Waals surface area contributed by atoms with Gasteiger partial charge in [-0.3, -0.25) is 0 Å². The van der Waals surface area contributed by atoms with E-state index < -0.39 is 22.1 Å². The van der Waals surface area contributed by atoms with Gasteiger partial charge in [-0.1, -0.05) is 44.1 Å². The normalized spacial score (nSPS) is 15.9. The van der Waals surface area contributed by atoms with E-state index in [1.807, 2.05) is 19.1 Å². The molecule has 3 aromatic rings. The van der Waals surface area contributed by atoms with Gasteiger partial charge in [-0.15, -0.1) is 0 Å². The van der Waals surface area contributed by atoms with Gasteiger partial charge in [-0.05, 0) is 74.9 Å². The second-order valence-corrected chi connectivity index (χ2v) is 12.2. The fourth-order valence-corrected chi connectivity index (χ4v) is 5.96. The van der Waals surface area contributed by atoms with Crippen molar-refractivity contribution in [3.05, 3.63) is 65.9 Å². The van der Waals surface area contributed by atoms with E-state index in [4.69, 9.17) is 8.85 Å². The number of methoxy groups -OCH3 is 1. The predicted octanol–water partition coefficient (Wildman–Crippen LogP) is 7.15. The highest BCUT2D eigenvalue weighted by molar-refractivity contribution is 7.92. The van der Waals surface area contributed by atoms with Gasteiger partial charge in [0.25, 0.3) is 0 Å². The molecule has 8 heteroatoms. The largest absolute Gasteiger partial charge is 0.495 e. The molecule has 1 saturated carbocycles. The molecule has 196 valence electrons. The highest BCUT2D eigenvalue weighted by Gasteiger charge is 2.23. The van der Waals surface area contributed by atoms with E-state index in [0.717, 1.165) is 36.8 Å². The molecule has 1 aromatic heterocycles. The zero-order valence-corrected chi connectivity index (χ0v) is 22.4. The number of nitrogens with zero attached hydrogens (tertiary/aromatic N) is 2. The van der Waals surface area contributed by atoms with E-state index in [2.05, 4.69) is 27.2 Å². The molecule has 1 aliphatic carbocycles. The molecule has 37 heavy (non-hydrogen) atoms. The van der Waals surface area contributed by atoms with Gasteiger partial charge in [0.15, 0.2) is 9.84 Å². The van der Waals surface area contributed by atoms with Crippen LogP contribution in [0.25, 0.3) is 6.08 Å². The number of aromatic nitrogens is 2. The molecule has 2 aromatic carbocycles. The van der Waals surface area contributed by atoms with Crippen LogP contribution in [0.15, 0.2) is 54.1 Å². The van der Waals surface area contributed by atoms with Crippen LogP contribution in [-0.4, -0.2) is 30.7 Å². The molecule has 0 bridgehead atoms. The monoisotopic (exact) mass is 523 g/mol. The minimum atomic E-state index is -3.56. The first-order valence-corrected chi connectivity index (χ1v) is 14.1. The first kappa shape index (κ1) is 22.8. The third-order valence-corrected chi connectivity index (χ3v) is 9.08. The molecule has 0 atom stereocenters. The third-order valence-electron chi connectivity index (χ3n) is 6.87. The van der Waals surface area contributed by atoms with Gasteiger partial charge in [0.2, 0.25) is 5.95 Å². The highest BCUT2D eigenvalue weighted by Crippen LogP contribution is 2.39. The number of hydrogen-bond donors (Lipinski definition) is 2. The van der Waals surface area contributed by atoms with Crippen LogP contribution in [-0.2, 0) is 9.84 Å². The molecule has 7 nitrogen and oxygen atoms in total. The van der Waals surface area contributed by atoms with Crippen molar-refractivity contribution in [1.29, 1.82) is 0 Å². The Balaban J connectivity index is 1.71. The maximum Gasteiger partial charge on any atom is 0.229 e. The average molecular weight is 524 g/mol. The number of anilines is 4. The average Bonchev–Trinajstić information content (AvgIpc) is 2.90. The highest BCUT2D eigenvalue weighted by atomic mass is 32.2. The fourth-order valence-electron chi connectivity index (χ4n) is 4.76. The number of rotatable bonds is 9. The number of ether oxygens (including phenoxy) is 1. The van der Waals surface area contributed by atoms with E-state index in [9.17, 15) is 8.42 Å². The van der Waals surface area contributed by atoms with Crippen LogP contribution >= 0.6 is 0 Å². The maximum atomic E-state index is 13.0. The Bertz CT molecular complexity index is 1480. The molecule has 0 aliphatic heterocycles. The summed E-state index contributed by atoms with van der Waals surface area (Å²) in [5.74, 6) is 1.08. The molecular weight excluding hydrogens is 484 g/mol. The molecule has 4 rings (SSSR count). The number of nitrogens with one attached hydrogen (secondary N) is 2. The zero-order valence-electron chi connectivity index (χ0n) is 24.5. The van der Waals surface area contributed by atoms with Gasteiger partial charge in [0, 0.05) is 11.8 Å². The molecule has 0 unspecified atom stereocenters. The van der Waals surface area contributed by atoms with Gasteiger partial charge >= 0.3 is 0 Å². The second kappa shape index (κ2) is 11.3. The van der Waals surface area contributed by atoms with Crippen LogP contribution in [0.2, 0.25) is 0 Å². The standard InChI is InChI=1S/C29H36N4O3S/c1-6-21-18-30-29(33-28(21)31-24-14-10-11-15-27(24)37(34,35)19(2)3)32-25-16-20(4)23(17-26(25)36-5)22-12-8-7-9-13-22/h6,10-11,14-19,22H,1,7-9,12-13H2,2-5H3,(H2,30,31,32,33)/i5D3. The van der Waals surface area contributed by atoms with Crippen LogP contribution in [0.4, 0.5) is 23.1 Å². The molecule has 0 amide bonds. The van der Waals surface area contributed by atoms with Gasteiger partial charge in [-0.25, -0.2) is 13.4 Å². The van der Waals surface area contributed by atoms with Crippen LogP contribution in [0.1, 0.15) is 72.7 Å². The molecule has 2 N–H and O–H groups in total. The van der Waals surface area contributed by atoms with Gasteiger partial charge in [0.05, 0.1) is 32.7 Å². The lowest BCUT2D eigenvalue weighted by atomic mass is 9.82. The summed E-state index contributed by atoms with van der Waals surface area (Å²) in [6.07, 6.45) is 8.78. The smallest absolute Gasteiger partial charge is 0.229 e. The summed E-state index contributed by atoms with van der Waals surface area (Å²) in [4.78, 5) is 9.13. The lowest BCUT2D eigenvalue weighted by Crippen LogP contribution is -2.16. The summed E-state index contributed by atoms with van der Waals surface area (Å²) in [6, 6.07) is 10.3. The lowest BCUT2D eigenvalue weighted by molar-refractivity contribution is 0.411. The topological polar surface area (TPSA) is 93.2 Å². The van der Waals surface area contributed by atoms with Crippen molar-refractivity contribution in [3.8, 4) is 5.75 Å². The maximum absolute atomic E-state index is 13.0. The van der Waals surface area contributed by atoms with E-state index in [0.29, 0.717) is 28.7 Å². The van der Waals surface area contributed by atoms with E-state index >= 15 is 0 Å². The van der Waals surface area contributed by atoms with Gasteiger partial charge in [-0.2, -0.15) is 4.98 Å². The minimum Gasteiger partial charge on any atom is -0.495 e. The van der Waals surface area contributed by atoms with Crippen molar-refractivity contribution in [2.75, 3.05) is 17.7 Å². The van der Waals surface area contributed by atoms with Crippen LogP contribution in [0.5, 0.6) is 5.75 Å². The Morgan fingerprint density at radius 3 is 2.59 bits per heavy atom. The molecule has 0 radical (unpaired) electrons. The van der Waals surface area contributed by atoms with Gasteiger partial charge < -0.3 is 15.4 Å². The Morgan fingerprint density at radius 1 is 1.14 bits per heavy atom. The SMILES string of the molecule is [2H]C([2H])([2H])Oc1cc(C2CCCCC2)c(C)cc1Nc1ncc(C=C)c(Nc2ccccc2S(=O)(=O)C(C)C)n1. The number of aryl methyl sites for hydroxylation is 1. The first-order valence-electron chi connectivity index (χ1n) is 14.1. The Labute approximate surface area is 224 Å². The minimum absolute atomic E-state index is 0.162. The van der Waals surface area contributed by atoms with Crippen molar-refractivity contribution < 1.29 is 17.3 Å². The molecule has 0 spiro atoms. The van der Waals surface area contributed by atoms with Crippen molar-refractivity contribution in [3.63, 3.8) is 0 Å². The van der Waals surface area contributed by atoms with Crippen molar-refractivity contribution >= 4 is 39.1 Å². The number of para-hydroxylation sites is 1. The zero-order chi connectivity index (χ0) is 29.1. The van der Waals surface area contributed by atoms with E-state index in [1.54, 1.807) is 50.4 Å². The molecule has 1 fully saturated rings. The van der Waals surface area contributed by atoms with Crippen molar-refractivity contribution in [2.24, 2.45) is 0 Å². The summed E-state index contributed by atoms with van der Waals surface area (Å²) in [7, 11) is -6.20. The number of sulfone groups is 1. The van der Waals surface area contributed by atoms with Crippen LogP contribution in [0, 0.1) is 6.92 Å². The summed E-state index contributed by atoms with van der Waals surface area (Å²) in [6.45, 7) is 9.10. The van der Waals surface area contributed by atoms with Crippen molar-refractivity contribution in [2.45, 2.75) is 68.9 Å². The third kappa shape index (κ3) is 5.80. The molecule has 1 aliphatic rings. The number of benzene rings is 2. The van der Waals surface area contributed by atoms with E-state index in [1.165, 1.54) is 6.42 Å². The van der Waals surface area contributed by atoms with Crippen LogP contribution < -0.4 is 15.4 Å². The Morgan fingerprint density at radius 2 is 1.89 bits per heavy atom. The van der Waals surface area contributed by atoms with Crippen LogP contribution in [0.3, 0.4) is 0 Å². The molecule has 0 saturated heterocycles.